The van der Waals surface area contributed by atoms with Crippen LogP contribution in [0.15, 0.2) is 77.0 Å². The normalized spacial score (nSPS) is 11.0. The molecule has 0 aliphatic rings. The van der Waals surface area contributed by atoms with Crippen LogP contribution in [0.4, 0.5) is 0 Å². The Hall–Kier alpha value is -2.92. The molecule has 0 spiro atoms. The quantitative estimate of drug-likeness (QED) is 0.576. The van der Waals surface area contributed by atoms with E-state index >= 15 is 0 Å². The minimum atomic E-state index is -0.165. The van der Waals surface area contributed by atoms with Gasteiger partial charge in [0.05, 0.1) is 0 Å². The number of hydrogen-bond donors (Lipinski definition) is 1. The van der Waals surface area contributed by atoms with E-state index in [2.05, 4.69) is 0 Å². The second-order valence-electron chi connectivity index (χ2n) is 5.90. The van der Waals surface area contributed by atoms with E-state index in [0.29, 0.717) is 18.5 Å². The molecule has 5 heteroatoms. The SMILES string of the molecule is O=c1c(Cc2ccccc2)c(O)[n+](Cc2ccccc2)c2sccn12. The van der Waals surface area contributed by atoms with E-state index in [9.17, 15) is 9.90 Å². The van der Waals surface area contributed by atoms with E-state index in [1.165, 1.54) is 11.3 Å². The minimum Gasteiger partial charge on any atom is -0.477 e. The maximum Gasteiger partial charge on any atom is 0.351 e. The van der Waals surface area contributed by atoms with Gasteiger partial charge in [-0.2, -0.15) is 8.97 Å². The third kappa shape index (κ3) is 2.94. The van der Waals surface area contributed by atoms with Crippen LogP contribution in [0.1, 0.15) is 16.7 Å². The first-order chi connectivity index (χ1) is 12.2. The Labute approximate surface area is 148 Å². The topological polar surface area (TPSA) is 45.6 Å². The van der Waals surface area contributed by atoms with E-state index in [1.807, 2.05) is 66.0 Å². The molecule has 4 aromatic rings. The fraction of sp³-hybridized carbons (Fsp3) is 0.100. The molecule has 124 valence electrons. The summed E-state index contributed by atoms with van der Waals surface area (Å²) < 4.78 is 3.42. The average Bonchev–Trinajstić information content (AvgIpc) is 3.14. The molecule has 0 bridgehead atoms. The Bertz CT molecular complexity index is 1070. The summed E-state index contributed by atoms with van der Waals surface area (Å²) in [6, 6.07) is 19.7. The molecule has 0 saturated heterocycles. The van der Waals surface area contributed by atoms with Crippen molar-refractivity contribution in [3.05, 3.63) is 99.3 Å². The lowest BCUT2D eigenvalue weighted by Crippen LogP contribution is -2.41. The Morgan fingerprint density at radius 1 is 0.960 bits per heavy atom. The Morgan fingerprint density at radius 3 is 2.28 bits per heavy atom. The number of aromatic hydroxyl groups is 1. The van der Waals surface area contributed by atoms with E-state index in [0.717, 1.165) is 16.1 Å². The van der Waals surface area contributed by atoms with Crippen LogP contribution in [0.3, 0.4) is 0 Å². The van der Waals surface area contributed by atoms with Crippen LogP contribution in [-0.2, 0) is 13.0 Å². The van der Waals surface area contributed by atoms with Gasteiger partial charge in [-0.25, -0.2) is 4.79 Å². The first-order valence-corrected chi connectivity index (χ1v) is 8.93. The molecule has 25 heavy (non-hydrogen) atoms. The summed E-state index contributed by atoms with van der Waals surface area (Å²) in [7, 11) is 0. The summed E-state index contributed by atoms with van der Waals surface area (Å²) in [5.41, 5.74) is 2.32. The number of benzene rings is 2. The van der Waals surface area contributed by atoms with Crippen molar-refractivity contribution >= 4 is 16.3 Å². The maximum atomic E-state index is 12.8. The zero-order valence-electron chi connectivity index (χ0n) is 13.5. The predicted molar refractivity (Wildman–Crippen MR) is 98.2 cm³/mol. The van der Waals surface area contributed by atoms with Gasteiger partial charge in [0.25, 0.3) is 5.88 Å². The fourth-order valence-corrected chi connectivity index (χ4v) is 3.82. The highest BCUT2D eigenvalue weighted by Gasteiger charge is 2.25. The molecule has 1 N–H and O–H groups in total. The summed E-state index contributed by atoms with van der Waals surface area (Å²) in [5, 5.41) is 12.7. The maximum absolute atomic E-state index is 12.8. The Morgan fingerprint density at radius 2 is 1.60 bits per heavy atom. The number of aromatic nitrogens is 2. The van der Waals surface area contributed by atoms with Gasteiger partial charge in [0.1, 0.15) is 18.3 Å². The highest BCUT2D eigenvalue weighted by atomic mass is 32.1. The Balaban J connectivity index is 1.87. The number of nitrogens with zero attached hydrogens (tertiary/aromatic N) is 2. The van der Waals surface area contributed by atoms with Gasteiger partial charge in [0, 0.05) is 11.8 Å². The third-order valence-corrected chi connectivity index (χ3v) is 5.12. The van der Waals surface area contributed by atoms with Gasteiger partial charge in [-0.1, -0.05) is 72.0 Å². The van der Waals surface area contributed by atoms with Crippen LogP contribution >= 0.6 is 11.3 Å². The van der Waals surface area contributed by atoms with E-state index in [4.69, 9.17) is 0 Å². The number of fused-ring (bicyclic) bond motifs is 1. The lowest BCUT2D eigenvalue weighted by atomic mass is 10.1. The minimum absolute atomic E-state index is 0.0418. The molecule has 0 saturated carbocycles. The third-order valence-electron chi connectivity index (χ3n) is 4.23. The molecule has 2 aromatic carbocycles. The van der Waals surface area contributed by atoms with Crippen LogP contribution in [0, 0.1) is 0 Å². The molecule has 0 fully saturated rings. The molecule has 2 aromatic heterocycles. The largest absolute Gasteiger partial charge is 0.477 e. The summed E-state index contributed by atoms with van der Waals surface area (Å²) >= 11 is 1.44. The summed E-state index contributed by atoms with van der Waals surface area (Å²) in [6.45, 7) is 0.513. The monoisotopic (exact) mass is 349 g/mol. The molecule has 4 nitrogen and oxygen atoms in total. The first kappa shape index (κ1) is 15.6. The molecule has 0 aliphatic heterocycles. The predicted octanol–water partition coefficient (Wildman–Crippen LogP) is 2.99. The smallest absolute Gasteiger partial charge is 0.351 e. The number of rotatable bonds is 4. The van der Waals surface area contributed by atoms with Crippen molar-refractivity contribution in [2.45, 2.75) is 13.0 Å². The van der Waals surface area contributed by atoms with Gasteiger partial charge in [-0.05, 0) is 11.1 Å². The molecular weight excluding hydrogens is 332 g/mol. The van der Waals surface area contributed by atoms with Gasteiger partial charge < -0.3 is 5.11 Å². The second kappa shape index (κ2) is 6.53. The van der Waals surface area contributed by atoms with Gasteiger partial charge in [-0.3, -0.25) is 0 Å². The molecule has 0 radical (unpaired) electrons. The van der Waals surface area contributed by atoms with Crippen molar-refractivity contribution in [2.24, 2.45) is 0 Å². The van der Waals surface area contributed by atoms with Crippen LogP contribution < -0.4 is 10.1 Å². The first-order valence-electron chi connectivity index (χ1n) is 8.05. The van der Waals surface area contributed by atoms with Gasteiger partial charge in [0.15, 0.2) is 0 Å². The van der Waals surface area contributed by atoms with Crippen molar-refractivity contribution in [1.82, 2.24) is 4.40 Å². The summed E-state index contributed by atoms with van der Waals surface area (Å²) in [6.07, 6.45) is 2.16. The zero-order chi connectivity index (χ0) is 17.2. The molecule has 0 unspecified atom stereocenters. The average molecular weight is 349 g/mol. The van der Waals surface area contributed by atoms with E-state index in [1.54, 1.807) is 15.2 Å². The van der Waals surface area contributed by atoms with E-state index in [-0.39, 0.29) is 11.4 Å². The van der Waals surface area contributed by atoms with Crippen molar-refractivity contribution < 1.29 is 9.67 Å². The highest BCUT2D eigenvalue weighted by molar-refractivity contribution is 7.14. The summed E-state index contributed by atoms with van der Waals surface area (Å²) in [4.78, 5) is 13.5. The van der Waals surface area contributed by atoms with Crippen LogP contribution in [0.25, 0.3) is 4.96 Å². The molecule has 0 aliphatic carbocycles. The lowest BCUT2D eigenvalue weighted by molar-refractivity contribution is -0.670. The van der Waals surface area contributed by atoms with Gasteiger partial charge in [0.2, 0.25) is 0 Å². The van der Waals surface area contributed by atoms with Gasteiger partial charge in [-0.15, -0.1) is 0 Å². The van der Waals surface area contributed by atoms with Crippen molar-refractivity contribution in [3.8, 4) is 5.88 Å². The van der Waals surface area contributed by atoms with Crippen LogP contribution in [-0.4, -0.2) is 9.51 Å². The molecule has 0 amide bonds. The highest BCUT2D eigenvalue weighted by Crippen LogP contribution is 2.17. The molecule has 4 rings (SSSR count). The zero-order valence-corrected chi connectivity index (χ0v) is 14.3. The molecular formula is C20H17N2O2S+. The number of hydrogen-bond acceptors (Lipinski definition) is 3. The Kier molecular flexibility index (Phi) is 4.07. The molecule has 0 atom stereocenters. The van der Waals surface area contributed by atoms with Crippen molar-refractivity contribution in [3.63, 3.8) is 0 Å². The van der Waals surface area contributed by atoms with Crippen molar-refractivity contribution in [2.75, 3.05) is 0 Å². The van der Waals surface area contributed by atoms with Crippen LogP contribution in [0.5, 0.6) is 5.88 Å². The lowest BCUT2D eigenvalue weighted by Gasteiger charge is -2.08. The second-order valence-corrected chi connectivity index (χ2v) is 6.77. The molecule has 2 heterocycles. The van der Waals surface area contributed by atoms with Gasteiger partial charge >= 0.3 is 10.5 Å². The number of thiazole rings is 1. The van der Waals surface area contributed by atoms with Crippen molar-refractivity contribution in [1.29, 1.82) is 0 Å². The summed E-state index contributed by atoms with van der Waals surface area (Å²) in [5.74, 6) is 0.0418. The van der Waals surface area contributed by atoms with E-state index < -0.39 is 0 Å². The van der Waals surface area contributed by atoms with Crippen LogP contribution in [0.2, 0.25) is 0 Å². The fourth-order valence-electron chi connectivity index (χ4n) is 2.98. The standard InChI is InChI=1S/C20H16N2O2S/c23-18-17(13-15-7-3-1-4-8-15)19(24)22(20-21(18)11-12-25-20)14-16-9-5-2-6-10-16/h1-12H,13-14H2/p+1.